The molecule has 0 fully saturated rings. The Labute approximate surface area is 222 Å². The van der Waals surface area contributed by atoms with Crippen LogP contribution in [0, 0.1) is 6.92 Å². The maximum atomic E-state index is 13.9. The highest BCUT2D eigenvalue weighted by atomic mass is 32.1. The molecule has 1 aliphatic heterocycles. The second kappa shape index (κ2) is 10.5. The van der Waals surface area contributed by atoms with Gasteiger partial charge < -0.3 is 14.2 Å². The summed E-state index contributed by atoms with van der Waals surface area (Å²) in [6.45, 7) is 2.11. The zero-order valence-electron chi connectivity index (χ0n) is 20.6. The largest absolute Gasteiger partial charge is 0.467 e. The number of nitrogens with zero attached hydrogens (tertiary/aromatic N) is 2. The maximum absolute atomic E-state index is 13.9. The van der Waals surface area contributed by atoms with Crippen LogP contribution in [0.3, 0.4) is 0 Å². The fraction of sp³-hybridized carbons (Fsp3) is 0.241. The second-order valence-electron chi connectivity index (χ2n) is 9.21. The Bertz CT molecular complexity index is 1450. The predicted octanol–water partition coefficient (Wildman–Crippen LogP) is 6.49. The van der Waals surface area contributed by atoms with Gasteiger partial charge in [-0.15, -0.1) is 11.3 Å². The molecule has 0 bridgehead atoms. The van der Waals surface area contributed by atoms with Gasteiger partial charge in [0.05, 0.1) is 24.4 Å². The van der Waals surface area contributed by atoms with E-state index in [-0.39, 0.29) is 30.6 Å². The van der Waals surface area contributed by atoms with Crippen molar-refractivity contribution in [3.8, 4) is 0 Å². The number of amides is 2. The Morgan fingerprint density at radius 2 is 1.87 bits per heavy atom. The first-order valence-corrected chi connectivity index (χ1v) is 13.0. The molecule has 0 saturated heterocycles. The van der Waals surface area contributed by atoms with Crippen molar-refractivity contribution < 1.29 is 27.2 Å². The van der Waals surface area contributed by atoms with Crippen LogP contribution in [0.25, 0.3) is 0 Å². The van der Waals surface area contributed by atoms with Crippen LogP contribution >= 0.6 is 11.3 Å². The van der Waals surface area contributed by atoms with E-state index >= 15 is 0 Å². The Kier molecular flexibility index (Phi) is 7.12. The van der Waals surface area contributed by atoms with Crippen LogP contribution in [-0.2, 0) is 23.9 Å². The molecule has 9 heteroatoms. The highest BCUT2D eigenvalue weighted by Crippen LogP contribution is 2.39. The van der Waals surface area contributed by atoms with E-state index in [2.05, 4.69) is 0 Å². The third-order valence-electron chi connectivity index (χ3n) is 6.75. The molecule has 0 spiro atoms. The van der Waals surface area contributed by atoms with Crippen molar-refractivity contribution in [1.82, 2.24) is 9.80 Å². The van der Waals surface area contributed by atoms with Gasteiger partial charge in [0.1, 0.15) is 12.3 Å². The molecule has 196 valence electrons. The highest BCUT2D eigenvalue weighted by Gasteiger charge is 2.35. The topological polar surface area (TPSA) is 53.8 Å². The molecule has 0 saturated carbocycles. The number of thiophene rings is 1. The van der Waals surface area contributed by atoms with Gasteiger partial charge in [0, 0.05) is 17.0 Å². The third kappa shape index (κ3) is 5.24. The zero-order chi connectivity index (χ0) is 26.9. The van der Waals surface area contributed by atoms with Crippen LogP contribution in [-0.4, -0.2) is 34.7 Å². The van der Waals surface area contributed by atoms with E-state index < -0.39 is 17.6 Å². The summed E-state index contributed by atoms with van der Waals surface area (Å²) in [7, 11) is 0. The SMILES string of the molecule is Cc1ccccc1C1c2ccsc2CCN1C(=O)CN(Cc1ccco1)C(=O)c1cccc(C(F)(F)F)c1. The van der Waals surface area contributed by atoms with Crippen molar-refractivity contribution >= 4 is 23.2 Å². The van der Waals surface area contributed by atoms with E-state index in [0.29, 0.717) is 18.7 Å². The summed E-state index contributed by atoms with van der Waals surface area (Å²) in [5.74, 6) is -0.546. The molecule has 0 aliphatic carbocycles. The fourth-order valence-electron chi connectivity index (χ4n) is 4.87. The number of hydrogen-bond donors (Lipinski definition) is 0. The van der Waals surface area contributed by atoms with Gasteiger partial charge >= 0.3 is 6.18 Å². The van der Waals surface area contributed by atoms with Gasteiger partial charge in [-0.1, -0.05) is 30.3 Å². The van der Waals surface area contributed by atoms with Crippen LogP contribution < -0.4 is 0 Å². The van der Waals surface area contributed by atoms with Crippen molar-refractivity contribution in [3.05, 3.63) is 117 Å². The Balaban J connectivity index is 1.47. The predicted molar refractivity (Wildman–Crippen MR) is 138 cm³/mol. The first-order chi connectivity index (χ1) is 18.2. The van der Waals surface area contributed by atoms with Crippen molar-refractivity contribution in [1.29, 1.82) is 0 Å². The Hall–Kier alpha value is -3.85. The standard InChI is InChI=1S/C29H25F3N2O3S/c1-19-6-2-3-10-23(19)27-24-12-15-38-25(24)11-13-34(27)26(35)18-33(17-22-9-5-14-37-22)28(36)20-7-4-8-21(16-20)29(30,31)32/h2-10,12,14-16,27H,11,13,17-18H2,1H3. The van der Waals surface area contributed by atoms with Gasteiger partial charge in [-0.2, -0.15) is 13.2 Å². The molecular weight excluding hydrogens is 513 g/mol. The summed E-state index contributed by atoms with van der Waals surface area (Å²) < 4.78 is 45.4. The molecule has 2 aromatic heterocycles. The average Bonchev–Trinajstić information content (AvgIpc) is 3.59. The number of alkyl halides is 3. The van der Waals surface area contributed by atoms with Gasteiger partial charge in [-0.05, 0) is 71.8 Å². The smallest absolute Gasteiger partial charge is 0.416 e. The lowest BCUT2D eigenvalue weighted by Crippen LogP contribution is -2.46. The maximum Gasteiger partial charge on any atom is 0.416 e. The number of fused-ring (bicyclic) bond motifs is 1. The zero-order valence-corrected chi connectivity index (χ0v) is 21.4. The molecule has 0 radical (unpaired) electrons. The normalized spacial score (nSPS) is 15.3. The minimum atomic E-state index is -4.59. The Morgan fingerprint density at radius 1 is 1.05 bits per heavy atom. The minimum Gasteiger partial charge on any atom is -0.467 e. The number of halogens is 3. The number of hydrogen-bond acceptors (Lipinski definition) is 4. The molecule has 38 heavy (non-hydrogen) atoms. The molecule has 5 nitrogen and oxygen atoms in total. The van der Waals surface area contributed by atoms with Crippen molar-refractivity contribution in [2.45, 2.75) is 32.1 Å². The number of carbonyl (C=O) groups is 2. The van der Waals surface area contributed by atoms with Crippen LogP contribution in [0.15, 0.2) is 82.8 Å². The molecule has 1 unspecified atom stereocenters. The van der Waals surface area contributed by atoms with Crippen LogP contribution in [0.1, 0.15) is 49.3 Å². The molecule has 0 N–H and O–H groups in total. The van der Waals surface area contributed by atoms with E-state index in [1.807, 2.05) is 42.6 Å². The van der Waals surface area contributed by atoms with Gasteiger partial charge in [0.15, 0.2) is 0 Å². The molecular formula is C29H25F3N2O3S. The summed E-state index contributed by atoms with van der Waals surface area (Å²) in [5.41, 5.74) is 2.04. The summed E-state index contributed by atoms with van der Waals surface area (Å²) >= 11 is 1.66. The summed E-state index contributed by atoms with van der Waals surface area (Å²) in [6.07, 6.45) is -2.45. The lowest BCUT2D eigenvalue weighted by atomic mass is 9.90. The molecule has 1 aliphatic rings. The number of furan rings is 1. The first kappa shape index (κ1) is 25.8. The molecule has 4 aromatic rings. The lowest BCUT2D eigenvalue weighted by molar-refractivity contribution is -0.137. The molecule has 5 rings (SSSR count). The molecule has 1 atom stereocenters. The quantitative estimate of drug-likeness (QED) is 0.282. The van der Waals surface area contributed by atoms with Gasteiger partial charge in [0.2, 0.25) is 5.91 Å². The third-order valence-corrected chi connectivity index (χ3v) is 7.74. The van der Waals surface area contributed by atoms with Gasteiger partial charge in [-0.3, -0.25) is 9.59 Å². The number of aryl methyl sites for hydroxylation is 1. The highest BCUT2D eigenvalue weighted by molar-refractivity contribution is 7.10. The van der Waals surface area contributed by atoms with Crippen molar-refractivity contribution in [3.63, 3.8) is 0 Å². The van der Waals surface area contributed by atoms with Crippen LogP contribution in [0.5, 0.6) is 0 Å². The second-order valence-corrected chi connectivity index (χ2v) is 10.2. The Morgan fingerprint density at radius 3 is 2.61 bits per heavy atom. The van der Waals surface area contributed by atoms with E-state index in [4.69, 9.17) is 4.42 Å². The van der Waals surface area contributed by atoms with Crippen molar-refractivity contribution in [2.24, 2.45) is 0 Å². The van der Waals surface area contributed by atoms with E-state index in [1.54, 1.807) is 28.4 Å². The molecule has 3 heterocycles. The van der Waals surface area contributed by atoms with Crippen LogP contribution in [0.2, 0.25) is 0 Å². The van der Waals surface area contributed by atoms with Gasteiger partial charge in [-0.25, -0.2) is 0 Å². The number of rotatable bonds is 6. The summed E-state index contributed by atoms with van der Waals surface area (Å²) in [4.78, 5) is 31.6. The van der Waals surface area contributed by atoms with Crippen LogP contribution in [0.4, 0.5) is 13.2 Å². The summed E-state index contributed by atoms with van der Waals surface area (Å²) in [6, 6.07) is 17.2. The minimum absolute atomic E-state index is 0.0552. The lowest BCUT2D eigenvalue weighted by Gasteiger charge is -2.38. The monoisotopic (exact) mass is 538 g/mol. The summed E-state index contributed by atoms with van der Waals surface area (Å²) in [5, 5.41) is 2.02. The van der Waals surface area contributed by atoms with E-state index in [1.165, 1.54) is 28.2 Å². The van der Waals surface area contributed by atoms with Gasteiger partial charge in [0.25, 0.3) is 5.91 Å². The first-order valence-electron chi connectivity index (χ1n) is 12.1. The van der Waals surface area contributed by atoms with E-state index in [0.717, 1.165) is 28.8 Å². The average molecular weight is 539 g/mol. The van der Waals surface area contributed by atoms with E-state index in [9.17, 15) is 22.8 Å². The number of benzene rings is 2. The fourth-order valence-corrected chi connectivity index (χ4v) is 5.77. The molecule has 2 amide bonds. The number of carbonyl (C=O) groups excluding carboxylic acids is 2. The van der Waals surface area contributed by atoms with Crippen molar-refractivity contribution in [2.75, 3.05) is 13.1 Å². The molecule has 2 aromatic carbocycles.